The summed E-state index contributed by atoms with van der Waals surface area (Å²) in [6.07, 6.45) is 1.94. The Morgan fingerprint density at radius 3 is 2.00 bits per heavy atom. The molecule has 1 amide bonds. The van der Waals surface area contributed by atoms with Crippen LogP contribution in [0.3, 0.4) is 0 Å². The lowest BCUT2D eigenvalue weighted by atomic mass is 10.0. The highest BCUT2D eigenvalue weighted by Gasteiger charge is 2.50. The molecule has 26 heavy (non-hydrogen) atoms. The zero-order valence-electron chi connectivity index (χ0n) is 16.0. The van der Waals surface area contributed by atoms with Crippen LogP contribution in [0.2, 0.25) is 5.04 Å². The predicted molar refractivity (Wildman–Crippen MR) is 109 cm³/mol. The number of carbonyl (C=O) groups is 1. The SMILES string of the molecule is CC(C)(C)[Si](OCC1CCCNC1=O)(c1ccccc1)c1ccccc1. The average molecular weight is 368 g/mol. The zero-order chi connectivity index (χ0) is 18.6. The van der Waals surface area contributed by atoms with Crippen molar-refractivity contribution in [2.45, 2.75) is 38.7 Å². The van der Waals surface area contributed by atoms with Crippen LogP contribution >= 0.6 is 0 Å². The number of carbonyl (C=O) groups excluding carboxylic acids is 1. The molecule has 0 aromatic heterocycles. The Hall–Kier alpha value is -1.91. The van der Waals surface area contributed by atoms with Gasteiger partial charge >= 0.3 is 0 Å². The van der Waals surface area contributed by atoms with E-state index in [-0.39, 0.29) is 16.9 Å². The second kappa shape index (κ2) is 7.76. The first kappa shape index (κ1) is 18.9. The first-order valence-corrected chi connectivity index (χ1v) is 11.4. The molecule has 1 unspecified atom stereocenters. The number of amides is 1. The van der Waals surface area contributed by atoms with Crippen LogP contribution in [0, 0.1) is 5.92 Å². The van der Waals surface area contributed by atoms with Gasteiger partial charge in [0.15, 0.2) is 0 Å². The van der Waals surface area contributed by atoms with Crippen molar-refractivity contribution in [3.63, 3.8) is 0 Å². The van der Waals surface area contributed by atoms with Crippen molar-refractivity contribution in [1.82, 2.24) is 5.32 Å². The maximum atomic E-state index is 12.3. The summed E-state index contributed by atoms with van der Waals surface area (Å²) in [4.78, 5) is 12.3. The number of piperidine rings is 1. The van der Waals surface area contributed by atoms with E-state index in [0.29, 0.717) is 6.61 Å². The van der Waals surface area contributed by atoms with E-state index in [2.05, 4.69) is 74.6 Å². The number of rotatable bonds is 5. The van der Waals surface area contributed by atoms with Gasteiger partial charge in [0, 0.05) is 13.2 Å². The summed E-state index contributed by atoms with van der Waals surface area (Å²) in [5, 5.41) is 5.45. The van der Waals surface area contributed by atoms with Crippen LogP contribution in [0.5, 0.6) is 0 Å². The lowest BCUT2D eigenvalue weighted by Gasteiger charge is -2.43. The van der Waals surface area contributed by atoms with Crippen molar-refractivity contribution >= 4 is 24.6 Å². The quantitative estimate of drug-likeness (QED) is 0.825. The van der Waals surface area contributed by atoms with Crippen LogP contribution in [-0.4, -0.2) is 27.4 Å². The van der Waals surface area contributed by atoms with Crippen molar-refractivity contribution in [3.05, 3.63) is 60.7 Å². The summed E-state index contributed by atoms with van der Waals surface area (Å²) < 4.78 is 6.85. The molecule has 2 aromatic rings. The van der Waals surface area contributed by atoms with Crippen LogP contribution < -0.4 is 15.7 Å². The Bertz CT molecular complexity index is 685. The Kier molecular flexibility index (Phi) is 5.63. The topological polar surface area (TPSA) is 38.3 Å². The number of benzene rings is 2. The fourth-order valence-corrected chi connectivity index (χ4v) is 8.59. The van der Waals surface area contributed by atoms with Gasteiger partial charge in [-0.2, -0.15) is 0 Å². The molecular formula is C22H29NO2Si. The van der Waals surface area contributed by atoms with Gasteiger partial charge in [-0.3, -0.25) is 4.79 Å². The highest BCUT2D eigenvalue weighted by Crippen LogP contribution is 2.37. The number of hydrogen-bond donors (Lipinski definition) is 1. The fourth-order valence-electron chi connectivity index (χ4n) is 3.98. The summed E-state index contributed by atoms with van der Waals surface area (Å²) in [5.41, 5.74) is 0. The first-order valence-electron chi connectivity index (χ1n) is 9.48. The van der Waals surface area contributed by atoms with E-state index < -0.39 is 8.32 Å². The highest BCUT2D eigenvalue weighted by atomic mass is 28.4. The van der Waals surface area contributed by atoms with Crippen molar-refractivity contribution in [3.8, 4) is 0 Å². The summed E-state index contributed by atoms with van der Waals surface area (Å²) >= 11 is 0. The van der Waals surface area contributed by atoms with Gasteiger partial charge in [0.05, 0.1) is 5.92 Å². The molecule has 0 bridgehead atoms. The molecule has 1 heterocycles. The third-order valence-electron chi connectivity index (χ3n) is 5.32. The minimum atomic E-state index is -2.54. The summed E-state index contributed by atoms with van der Waals surface area (Å²) in [6.45, 7) is 8.06. The highest BCUT2D eigenvalue weighted by molar-refractivity contribution is 6.99. The molecule has 1 fully saturated rings. The molecule has 0 saturated carbocycles. The van der Waals surface area contributed by atoms with E-state index in [1.54, 1.807) is 0 Å². The molecule has 1 saturated heterocycles. The Balaban J connectivity index is 2.04. The maximum Gasteiger partial charge on any atom is 0.261 e. The molecule has 138 valence electrons. The third kappa shape index (κ3) is 3.62. The molecule has 4 heteroatoms. The normalized spacial score (nSPS) is 18.4. The van der Waals surface area contributed by atoms with Gasteiger partial charge in [0.25, 0.3) is 8.32 Å². The molecule has 1 aliphatic rings. The molecule has 0 spiro atoms. The predicted octanol–water partition coefficient (Wildman–Crippen LogP) is 3.09. The van der Waals surface area contributed by atoms with Gasteiger partial charge in [-0.05, 0) is 28.3 Å². The summed E-state index contributed by atoms with van der Waals surface area (Å²) in [5.74, 6) is 0.0829. The second-order valence-corrected chi connectivity index (χ2v) is 12.4. The van der Waals surface area contributed by atoms with Gasteiger partial charge in [-0.25, -0.2) is 0 Å². The Morgan fingerprint density at radius 2 is 1.54 bits per heavy atom. The largest absolute Gasteiger partial charge is 0.407 e. The minimum absolute atomic E-state index is 0.0506. The van der Waals surface area contributed by atoms with E-state index >= 15 is 0 Å². The average Bonchev–Trinajstić information content (AvgIpc) is 2.64. The van der Waals surface area contributed by atoms with E-state index in [9.17, 15) is 4.79 Å². The van der Waals surface area contributed by atoms with Crippen molar-refractivity contribution in [2.24, 2.45) is 5.92 Å². The molecule has 0 radical (unpaired) electrons. The monoisotopic (exact) mass is 367 g/mol. The molecule has 0 aliphatic carbocycles. The van der Waals surface area contributed by atoms with E-state index in [4.69, 9.17) is 4.43 Å². The Labute approximate surface area is 157 Å². The summed E-state index contributed by atoms with van der Waals surface area (Å²) in [6, 6.07) is 21.2. The molecule has 3 rings (SSSR count). The number of nitrogens with one attached hydrogen (secondary N) is 1. The molecular weight excluding hydrogens is 338 g/mol. The lowest BCUT2D eigenvalue weighted by molar-refractivity contribution is -0.127. The smallest absolute Gasteiger partial charge is 0.261 e. The van der Waals surface area contributed by atoms with Crippen LogP contribution in [0.15, 0.2) is 60.7 Å². The number of hydrogen-bond acceptors (Lipinski definition) is 2. The first-order chi connectivity index (χ1) is 12.4. The molecule has 3 nitrogen and oxygen atoms in total. The molecule has 1 N–H and O–H groups in total. The second-order valence-electron chi connectivity index (χ2n) is 8.10. The van der Waals surface area contributed by atoms with Crippen LogP contribution in [0.4, 0.5) is 0 Å². The van der Waals surface area contributed by atoms with Crippen molar-refractivity contribution in [2.75, 3.05) is 13.2 Å². The van der Waals surface area contributed by atoms with Crippen LogP contribution in [0.1, 0.15) is 33.6 Å². The van der Waals surface area contributed by atoms with Crippen molar-refractivity contribution in [1.29, 1.82) is 0 Å². The van der Waals surface area contributed by atoms with Crippen molar-refractivity contribution < 1.29 is 9.22 Å². The maximum absolute atomic E-state index is 12.3. The standard InChI is InChI=1S/C22H29NO2Si/c1-22(2,3)26(19-12-6-4-7-13-19,20-14-8-5-9-15-20)25-17-18-11-10-16-23-21(18)24/h4-9,12-15,18H,10-11,16-17H2,1-3H3,(H,23,24). The van der Waals surface area contributed by atoms with E-state index in [1.807, 2.05) is 12.1 Å². The van der Waals surface area contributed by atoms with Gasteiger partial charge in [0.2, 0.25) is 5.91 Å². The van der Waals surface area contributed by atoms with Gasteiger partial charge in [0.1, 0.15) is 0 Å². The van der Waals surface area contributed by atoms with Gasteiger partial charge < -0.3 is 9.74 Å². The Morgan fingerprint density at radius 1 is 1.00 bits per heavy atom. The van der Waals surface area contributed by atoms with Crippen LogP contribution in [-0.2, 0) is 9.22 Å². The van der Waals surface area contributed by atoms with E-state index in [1.165, 1.54) is 10.4 Å². The fraction of sp³-hybridized carbons (Fsp3) is 0.409. The lowest BCUT2D eigenvalue weighted by Crippen LogP contribution is -2.67. The molecule has 1 atom stereocenters. The van der Waals surface area contributed by atoms with Gasteiger partial charge in [-0.1, -0.05) is 81.4 Å². The van der Waals surface area contributed by atoms with Gasteiger partial charge in [-0.15, -0.1) is 0 Å². The minimum Gasteiger partial charge on any atom is -0.407 e. The molecule has 1 aliphatic heterocycles. The van der Waals surface area contributed by atoms with Crippen LogP contribution in [0.25, 0.3) is 0 Å². The third-order valence-corrected chi connectivity index (χ3v) is 10.3. The zero-order valence-corrected chi connectivity index (χ0v) is 17.0. The van der Waals surface area contributed by atoms with E-state index in [0.717, 1.165) is 19.4 Å². The molecule has 2 aromatic carbocycles. The summed E-state index contributed by atoms with van der Waals surface area (Å²) in [7, 11) is -2.54.